The zero-order valence-electron chi connectivity index (χ0n) is 17.9. The third kappa shape index (κ3) is 4.94. The normalized spacial score (nSPS) is 12.0. The molecule has 0 amide bonds. The fourth-order valence-electron chi connectivity index (χ4n) is 3.78. The van der Waals surface area contributed by atoms with Crippen molar-refractivity contribution >= 4 is 11.8 Å². The number of anilines is 1. The van der Waals surface area contributed by atoms with Crippen molar-refractivity contribution in [2.75, 3.05) is 11.9 Å². The Balaban J connectivity index is 2.34. The van der Waals surface area contributed by atoms with Gasteiger partial charge in [-0.05, 0) is 49.3 Å². The van der Waals surface area contributed by atoms with Crippen LogP contribution in [0.2, 0.25) is 0 Å². The maximum absolute atomic E-state index is 6.44. The average Bonchev–Trinajstić information content (AvgIpc) is 2.98. The number of rotatable bonds is 9. The molecule has 4 nitrogen and oxygen atoms in total. The lowest BCUT2D eigenvalue weighted by Gasteiger charge is -2.25. The first-order valence-corrected chi connectivity index (χ1v) is 10.2. The van der Waals surface area contributed by atoms with Crippen molar-refractivity contribution in [3.8, 4) is 0 Å². The Labute approximate surface area is 165 Å². The Morgan fingerprint density at radius 3 is 2.41 bits per heavy atom. The lowest BCUT2D eigenvalue weighted by Crippen LogP contribution is -2.24. The Bertz CT molecular complexity index is 747. The first-order valence-electron chi connectivity index (χ1n) is 10.2. The van der Waals surface area contributed by atoms with Gasteiger partial charge >= 0.3 is 0 Å². The van der Waals surface area contributed by atoms with Crippen molar-refractivity contribution in [3.05, 3.63) is 52.9 Å². The molecule has 0 saturated carbocycles. The lowest BCUT2D eigenvalue weighted by molar-refractivity contribution is 0.560. The summed E-state index contributed by atoms with van der Waals surface area (Å²) in [7, 11) is 4.04. The van der Waals surface area contributed by atoms with Crippen LogP contribution < -0.4 is 10.6 Å². The predicted octanol–water partition coefficient (Wildman–Crippen LogP) is 5.37. The second-order valence-corrected chi connectivity index (χ2v) is 7.47. The third-order valence-electron chi connectivity index (χ3n) is 5.44. The summed E-state index contributed by atoms with van der Waals surface area (Å²) in [6.45, 7) is 8.78. The van der Waals surface area contributed by atoms with Gasteiger partial charge in [0.15, 0.2) is 0 Å². The molecule has 2 rings (SSSR count). The van der Waals surface area contributed by atoms with E-state index in [-0.39, 0.29) is 0 Å². The molecular weight excluding hydrogens is 332 g/mol. The summed E-state index contributed by atoms with van der Waals surface area (Å²) in [5.41, 5.74) is 12.5. The molecule has 4 heteroatoms. The Hall–Kier alpha value is -2.23. The van der Waals surface area contributed by atoms with Gasteiger partial charge in [-0.15, -0.1) is 0 Å². The van der Waals surface area contributed by atoms with Gasteiger partial charge in [-0.3, -0.25) is 0 Å². The summed E-state index contributed by atoms with van der Waals surface area (Å²) in [6.07, 6.45) is 9.80. The van der Waals surface area contributed by atoms with Gasteiger partial charge in [0.1, 0.15) is 5.82 Å². The van der Waals surface area contributed by atoms with Crippen molar-refractivity contribution in [1.82, 2.24) is 9.55 Å². The highest BCUT2D eigenvalue weighted by Gasteiger charge is 2.15. The summed E-state index contributed by atoms with van der Waals surface area (Å²) >= 11 is 0. The van der Waals surface area contributed by atoms with Crippen LogP contribution in [-0.4, -0.2) is 16.6 Å². The second kappa shape index (κ2) is 9.63. The van der Waals surface area contributed by atoms with E-state index in [9.17, 15) is 0 Å². The molecule has 0 aliphatic rings. The van der Waals surface area contributed by atoms with E-state index in [0.717, 1.165) is 23.6 Å². The van der Waals surface area contributed by atoms with E-state index in [4.69, 9.17) is 5.73 Å². The van der Waals surface area contributed by atoms with Crippen LogP contribution >= 0.6 is 0 Å². The SMILES string of the molecule is CCCC(CCC)c1ccc(N(C)/C(N)=C/c2c(C)ncn2C)c(CC)c1. The Morgan fingerprint density at radius 2 is 1.89 bits per heavy atom. The van der Waals surface area contributed by atoms with Gasteiger partial charge in [-0.25, -0.2) is 4.98 Å². The van der Waals surface area contributed by atoms with Gasteiger partial charge in [0.25, 0.3) is 0 Å². The predicted molar refractivity (Wildman–Crippen MR) is 117 cm³/mol. The first-order chi connectivity index (χ1) is 12.9. The molecule has 0 atom stereocenters. The van der Waals surface area contributed by atoms with Crippen LogP contribution in [0.4, 0.5) is 5.69 Å². The maximum Gasteiger partial charge on any atom is 0.105 e. The van der Waals surface area contributed by atoms with Gasteiger partial charge in [-0.1, -0.05) is 45.7 Å². The molecule has 27 heavy (non-hydrogen) atoms. The number of aryl methyl sites for hydroxylation is 3. The van der Waals surface area contributed by atoms with E-state index in [1.165, 1.54) is 42.5 Å². The highest BCUT2D eigenvalue weighted by molar-refractivity contribution is 5.63. The fourth-order valence-corrected chi connectivity index (χ4v) is 3.78. The maximum atomic E-state index is 6.44. The molecule has 1 aromatic carbocycles. The monoisotopic (exact) mass is 368 g/mol. The average molecular weight is 369 g/mol. The van der Waals surface area contributed by atoms with Crippen LogP contribution in [0.1, 0.15) is 74.9 Å². The van der Waals surface area contributed by atoms with Gasteiger partial charge in [-0.2, -0.15) is 0 Å². The van der Waals surface area contributed by atoms with E-state index >= 15 is 0 Å². The minimum Gasteiger partial charge on any atom is -0.385 e. The number of benzene rings is 1. The highest BCUT2D eigenvalue weighted by atomic mass is 15.2. The molecule has 0 saturated heterocycles. The fraction of sp³-hybridized carbons (Fsp3) is 0.522. The topological polar surface area (TPSA) is 47.1 Å². The minimum absolute atomic E-state index is 0.662. The van der Waals surface area contributed by atoms with E-state index in [1.54, 1.807) is 0 Å². The molecule has 0 radical (unpaired) electrons. The van der Waals surface area contributed by atoms with Crippen molar-refractivity contribution in [1.29, 1.82) is 0 Å². The van der Waals surface area contributed by atoms with Gasteiger partial charge in [0.05, 0.1) is 17.7 Å². The van der Waals surface area contributed by atoms with Crippen LogP contribution in [0.3, 0.4) is 0 Å². The number of hydrogen-bond acceptors (Lipinski definition) is 3. The van der Waals surface area contributed by atoms with E-state index in [1.807, 2.05) is 38.0 Å². The number of nitrogens with two attached hydrogens (primary N) is 1. The molecule has 0 unspecified atom stereocenters. The number of aromatic nitrogens is 2. The number of nitrogens with zero attached hydrogens (tertiary/aromatic N) is 3. The summed E-state index contributed by atoms with van der Waals surface area (Å²) in [4.78, 5) is 6.43. The van der Waals surface area contributed by atoms with Crippen LogP contribution in [-0.2, 0) is 13.5 Å². The summed E-state index contributed by atoms with van der Waals surface area (Å²) in [5.74, 6) is 1.39. The third-order valence-corrected chi connectivity index (χ3v) is 5.44. The van der Waals surface area contributed by atoms with Gasteiger partial charge in [0.2, 0.25) is 0 Å². The van der Waals surface area contributed by atoms with Crippen molar-refractivity contribution < 1.29 is 0 Å². The Kier molecular flexibility index (Phi) is 7.52. The molecule has 148 valence electrons. The summed E-state index contributed by atoms with van der Waals surface area (Å²) < 4.78 is 2.00. The van der Waals surface area contributed by atoms with E-state index in [2.05, 4.69) is 48.9 Å². The molecule has 0 bridgehead atoms. The van der Waals surface area contributed by atoms with Gasteiger partial charge < -0.3 is 15.2 Å². The molecule has 0 aliphatic heterocycles. The van der Waals surface area contributed by atoms with Gasteiger partial charge in [0, 0.05) is 25.9 Å². The Morgan fingerprint density at radius 1 is 1.22 bits per heavy atom. The molecule has 0 fully saturated rings. The number of imidazole rings is 1. The van der Waals surface area contributed by atoms with Crippen LogP contribution in [0.25, 0.3) is 6.08 Å². The molecule has 0 aliphatic carbocycles. The summed E-state index contributed by atoms with van der Waals surface area (Å²) in [5, 5.41) is 0. The van der Waals surface area contributed by atoms with Crippen LogP contribution in [0, 0.1) is 6.92 Å². The van der Waals surface area contributed by atoms with Crippen molar-refractivity contribution in [2.45, 2.75) is 65.7 Å². The van der Waals surface area contributed by atoms with Crippen LogP contribution in [0.5, 0.6) is 0 Å². The van der Waals surface area contributed by atoms with E-state index < -0.39 is 0 Å². The van der Waals surface area contributed by atoms with Crippen molar-refractivity contribution in [2.24, 2.45) is 12.8 Å². The van der Waals surface area contributed by atoms with Crippen LogP contribution in [0.15, 0.2) is 30.3 Å². The zero-order chi connectivity index (χ0) is 20.0. The molecule has 0 spiro atoms. The number of hydrogen-bond donors (Lipinski definition) is 1. The molecule has 2 aromatic rings. The first kappa shape index (κ1) is 21.1. The highest BCUT2D eigenvalue weighted by Crippen LogP contribution is 2.31. The summed E-state index contributed by atoms with van der Waals surface area (Å²) in [6, 6.07) is 6.93. The standard InChI is InChI=1S/C23H36N4/c1-7-10-19(11-8-2)20-12-13-21(18(9-3)14-20)27(6)23(24)15-22-17(4)25-16-26(22)5/h12-16,19H,7-11,24H2,1-6H3/b23-15+. The minimum atomic E-state index is 0.662. The molecule has 2 N–H and O–H groups in total. The quantitative estimate of drug-likeness (QED) is 0.647. The molecule has 1 aromatic heterocycles. The van der Waals surface area contributed by atoms with Crippen molar-refractivity contribution in [3.63, 3.8) is 0 Å². The molecule has 1 heterocycles. The molecular formula is C23H36N4. The zero-order valence-corrected chi connectivity index (χ0v) is 17.9. The smallest absolute Gasteiger partial charge is 0.105 e. The van der Waals surface area contributed by atoms with E-state index in [0.29, 0.717) is 5.92 Å². The lowest BCUT2D eigenvalue weighted by atomic mass is 9.88. The largest absolute Gasteiger partial charge is 0.385 e. The second-order valence-electron chi connectivity index (χ2n) is 7.47.